The van der Waals surface area contributed by atoms with Gasteiger partial charge in [0.05, 0.1) is 17.9 Å². The fraction of sp³-hybridized carbons (Fsp3) is 0.550. The first-order valence-corrected chi connectivity index (χ1v) is 9.96. The Morgan fingerprint density at radius 3 is 2.89 bits per heavy atom. The molecule has 0 unspecified atom stereocenters. The lowest BCUT2D eigenvalue weighted by molar-refractivity contribution is 0.0949. The van der Waals surface area contributed by atoms with Gasteiger partial charge >= 0.3 is 0 Å². The van der Waals surface area contributed by atoms with Gasteiger partial charge in [0.15, 0.2) is 0 Å². The fourth-order valence-electron chi connectivity index (χ4n) is 4.26. The van der Waals surface area contributed by atoms with Crippen LogP contribution < -0.4 is 10.9 Å². The van der Waals surface area contributed by atoms with Gasteiger partial charge in [-0.15, -0.1) is 0 Å². The Morgan fingerprint density at radius 2 is 2.07 bits per heavy atom. The zero-order chi connectivity index (χ0) is 18.6. The molecule has 3 heterocycles. The summed E-state index contributed by atoms with van der Waals surface area (Å²) in [4.78, 5) is 29.1. The van der Waals surface area contributed by atoms with Crippen LogP contribution in [0.2, 0.25) is 0 Å². The van der Waals surface area contributed by atoms with Crippen LogP contribution in [0.1, 0.15) is 60.3 Å². The summed E-state index contributed by atoms with van der Waals surface area (Å²) in [6.45, 7) is 3.32. The lowest BCUT2D eigenvalue weighted by atomic mass is 9.94. The average Bonchev–Trinajstić information content (AvgIpc) is 2.97. The van der Waals surface area contributed by atoms with Crippen molar-refractivity contribution in [1.82, 2.24) is 25.0 Å². The first-order valence-electron chi connectivity index (χ1n) is 9.96. The number of nitrogens with one attached hydrogen (secondary N) is 2. The first-order chi connectivity index (χ1) is 13.2. The van der Waals surface area contributed by atoms with Crippen LogP contribution in [-0.2, 0) is 19.6 Å². The smallest absolute Gasteiger partial charge is 0.260 e. The third kappa shape index (κ3) is 4.13. The molecule has 0 spiro atoms. The van der Waals surface area contributed by atoms with Crippen LogP contribution >= 0.6 is 0 Å². The van der Waals surface area contributed by atoms with Crippen molar-refractivity contribution in [3.63, 3.8) is 0 Å². The maximum Gasteiger partial charge on any atom is 0.260 e. The van der Waals surface area contributed by atoms with Gasteiger partial charge in [0.1, 0.15) is 5.56 Å². The van der Waals surface area contributed by atoms with Crippen molar-refractivity contribution < 1.29 is 4.79 Å². The number of nitrogens with zero attached hydrogens (tertiary/aromatic N) is 3. The summed E-state index contributed by atoms with van der Waals surface area (Å²) >= 11 is 0. The van der Waals surface area contributed by atoms with E-state index in [1.54, 1.807) is 6.07 Å². The molecule has 144 valence electrons. The third-order valence-corrected chi connectivity index (χ3v) is 5.68. The highest BCUT2D eigenvalue weighted by atomic mass is 16.2. The second-order valence-corrected chi connectivity index (χ2v) is 7.56. The Morgan fingerprint density at radius 1 is 1.22 bits per heavy atom. The Labute approximate surface area is 158 Å². The molecule has 1 fully saturated rings. The molecule has 7 nitrogen and oxygen atoms in total. The second-order valence-electron chi connectivity index (χ2n) is 7.56. The van der Waals surface area contributed by atoms with Gasteiger partial charge in [-0.05, 0) is 37.5 Å². The van der Waals surface area contributed by atoms with Crippen molar-refractivity contribution in [2.75, 3.05) is 6.54 Å². The van der Waals surface area contributed by atoms with Crippen LogP contribution in [-0.4, -0.2) is 38.2 Å². The van der Waals surface area contributed by atoms with Gasteiger partial charge in [-0.3, -0.25) is 19.2 Å². The number of hydrogen-bond acceptors (Lipinski definition) is 4. The van der Waals surface area contributed by atoms with Crippen molar-refractivity contribution in [3.05, 3.63) is 51.7 Å². The lowest BCUT2D eigenvalue weighted by Gasteiger charge is -2.33. The maximum absolute atomic E-state index is 12.2. The molecular weight excluding hydrogens is 342 g/mol. The number of rotatable bonds is 4. The molecule has 2 N–H and O–H groups in total. The maximum atomic E-state index is 12.2. The summed E-state index contributed by atoms with van der Waals surface area (Å²) in [6.07, 6.45) is 9.30. The van der Waals surface area contributed by atoms with Gasteiger partial charge in [0, 0.05) is 31.9 Å². The van der Waals surface area contributed by atoms with Gasteiger partial charge in [0.25, 0.3) is 11.5 Å². The number of hydrogen-bond donors (Lipinski definition) is 2. The number of pyridine rings is 1. The topological polar surface area (TPSA) is 83.0 Å². The Hall–Kier alpha value is -2.41. The molecule has 4 rings (SSSR count). The zero-order valence-corrected chi connectivity index (χ0v) is 15.6. The number of aromatic amines is 1. The summed E-state index contributed by atoms with van der Waals surface area (Å²) in [5.74, 6) is -0.371. The van der Waals surface area contributed by atoms with Gasteiger partial charge < -0.3 is 10.3 Å². The third-order valence-electron chi connectivity index (χ3n) is 5.68. The quantitative estimate of drug-likeness (QED) is 0.864. The van der Waals surface area contributed by atoms with E-state index in [4.69, 9.17) is 0 Å². The van der Waals surface area contributed by atoms with Crippen LogP contribution in [0.4, 0.5) is 0 Å². The highest BCUT2D eigenvalue weighted by molar-refractivity contribution is 5.93. The normalized spacial score (nSPS) is 18.7. The number of aromatic nitrogens is 3. The monoisotopic (exact) mass is 369 g/mol. The molecule has 0 aromatic carbocycles. The molecule has 1 aliphatic heterocycles. The van der Waals surface area contributed by atoms with Crippen LogP contribution in [0, 0.1) is 0 Å². The lowest BCUT2D eigenvalue weighted by Crippen LogP contribution is -2.36. The molecular formula is C20H27N5O2. The molecule has 0 saturated heterocycles. The van der Waals surface area contributed by atoms with Gasteiger partial charge in [-0.2, -0.15) is 5.10 Å². The van der Waals surface area contributed by atoms with Crippen molar-refractivity contribution >= 4 is 5.91 Å². The molecule has 7 heteroatoms. The number of aryl methyl sites for hydroxylation is 1. The Bertz CT molecular complexity index is 850. The van der Waals surface area contributed by atoms with E-state index in [1.165, 1.54) is 50.1 Å². The summed E-state index contributed by atoms with van der Waals surface area (Å²) in [5, 5.41) is 7.47. The van der Waals surface area contributed by atoms with E-state index in [9.17, 15) is 9.59 Å². The molecule has 1 aliphatic carbocycles. The number of carbonyl (C=O) groups excluding carboxylic acids is 1. The first kappa shape index (κ1) is 18.0. The van der Waals surface area contributed by atoms with Gasteiger partial charge in [-0.1, -0.05) is 19.3 Å². The minimum Gasteiger partial charge on any atom is -0.346 e. The average molecular weight is 369 g/mol. The largest absolute Gasteiger partial charge is 0.346 e. The fourth-order valence-corrected chi connectivity index (χ4v) is 4.26. The number of amides is 1. The van der Waals surface area contributed by atoms with E-state index in [1.807, 2.05) is 0 Å². The van der Waals surface area contributed by atoms with Crippen molar-refractivity contribution in [1.29, 1.82) is 0 Å². The molecule has 2 aliphatic rings. The van der Waals surface area contributed by atoms with E-state index >= 15 is 0 Å². The molecule has 0 radical (unpaired) electrons. The summed E-state index contributed by atoms with van der Waals surface area (Å²) in [7, 11) is 0. The van der Waals surface area contributed by atoms with Crippen LogP contribution in [0.15, 0.2) is 29.2 Å². The molecule has 0 atom stereocenters. The van der Waals surface area contributed by atoms with E-state index < -0.39 is 0 Å². The predicted octanol–water partition coefficient (Wildman–Crippen LogP) is 2.04. The molecule has 2 aromatic rings. The summed E-state index contributed by atoms with van der Waals surface area (Å²) in [5.41, 5.74) is 1.82. The molecule has 1 amide bonds. The summed E-state index contributed by atoms with van der Waals surface area (Å²) < 4.78 is 2.08. The van der Waals surface area contributed by atoms with E-state index in [2.05, 4.69) is 31.0 Å². The van der Waals surface area contributed by atoms with Gasteiger partial charge in [-0.25, -0.2) is 0 Å². The standard InChI is InChI=1S/C20H27N5O2/c26-19-18(8-4-9-21-19)20(27)22-13-15-12-17-14-24(10-5-11-25(17)23-15)16-6-2-1-3-7-16/h4,8-9,12,16H,1-3,5-7,10-11,13-14H2,(H,21,26)(H,22,27). The number of fused-ring (bicyclic) bond motifs is 1. The second kappa shape index (κ2) is 8.08. The van der Waals surface area contributed by atoms with E-state index in [0.29, 0.717) is 12.6 Å². The highest BCUT2D eigenvalue weighted by Gasteiger charge is 2.24. The summed E-state index contributed by atoms with van der Waals surface area (Å²) in [6, 6.07) is 5.97. The highest BCUT2D eigenvalue weighted by Crippen LogP contribution is 2.25. The minimum absolute atomic E-state index is 0.127. The molecule has 2 aromatic heterocycles. The van der Waals surface area contributed by atoms with Crippen LogP contribution in [0.3, 0.4) is 0 Å². The van der Waals surface area contributed by atoms with Crippen molar-refractivity contribution in [3.8, 4) is 0 Å². The molecule has 27 heavy (non-hydrogen) atoms. The van der Waals surface area contributed by atoms with Gasteiger partial charge in [0.2, 0.25) is 0 Å². The Balaban J connectivity index is 1.41. The zero-order valence-electron chi connectivity index (χ0n) is 15.6. The molecule has 0 bridgehead atoms. The van der Waals surface area contributed by atoms with E-state index in [-0.39, 0.29) is 17.0 Å². The number of carbonyl (C=O) groups is 1. The minimum atomic E-state index is -0.376. The van der Waals surface area contributed by atoms with Crippen molar-refractivity contribution in [2.24, 2.45) is 0 Å². The Kier molecular flexibility index (Phi) is 5.38. The van der Waals surface area contributed by atoms with Crippen LogP contribution in [0.25, 0.3) is 0 Å². The van der Waals surface area contributed by atoms with E-state index in [0.717, 1.165) is 31.7 Å². The number of H-pyrrole nitrogens is 1. The van der Waals surface area contributed by atoms with Crippen LogP contribution in [0.5, 0.6) is 0 Å². The molecule has 1 saturated carbocycles. The van der Waals surface area contributed by atoms with Crippen molar-refractivity contribution in [2.45, 2.75) is 64.2 Å². The predicted molar refractivity (Wildman–Crippen MR) is 102 cm³/mol. The SMILES string of the molecule is O=C(NCc1cc2n(n1)CCCN(C1CCCCC1)C2)c1ccc[nH]c1=O.